The number of aromatic nitrogens is 2. The Morgan fingerprint density at radius 1 is 1.25 bits per heavy atom. The van der Waals surface area contributed by atoms with Gasteiger partial charge in [-0.1, -0.05) is 24.3 Å². The molecule has 6 heteroatoms. The molecule has 2 aromatic carbocycles. The minimum absolute atomic E-state index is 0.147. The van der Waals surface area contributed by atoms with Crippen molar-refractivity contribution >= 4 is 12.0 Å². The lowest BCUT2D eigenvalue weighted by Gasteiger charge is -2.19. The largest absolute Gasteiger partial charge is 0.494 e. The van der Waals surface area contributed by atoms with E-state index in [4.69, 9.17) is 4.74 Å². The SMILES string of the molecule is CCN(Cc1ccc(OC)c(F)c1)C(=O)/C=C/c1cnn(-c2ccccc2)c1. The van der Waals surface area contributed by atoms with Crippen molar-refractivity contribution in [1.29, 1.82) is 0 Å². The summed E-state index contributed by atoms with van der Waals surface area (Å²) in [5.41, 5.74) is 2.48. The Morgan fingerprint density at radius 2 is 2.04 bits per heavy atom. The quantitative estimate of drug-likeness (QED) is 0.581. The molecule has 0 aliphatic rings. The molecular weight excluding hydrogens is 357 g/mol. The van der Waals surface area contributed by atoms with Crippen molar-refractivity contribution in [3.8, 4) is 11.4 Å². The van der Waals surface area contributed by atoms with E-state index >= 15 is 0 Å². The smallest absolute Gasteiger partial charge is 0.246 e. The lowest BCUT2D eigenvalue weighted by Crippen LogP contribution is -2.28. The molecule has 0 unspecified atom stereocenters. The first-order chi connectivity index (χ1) is 13.6. The number of hydrogen-bond donors (Lipinski definition) is 0. The van der Waals surface area contributed by atoms with Crippen molar-refractivity contribution in [3.63, 3.8) is 0 Å². The molecule has 1 amide bonds. The number of carbonyl (C=O) groups excluding carboxylic acids is 1. The molecule has 144 valence electrons. The molecule has 5 nitrogen and oxygen atoms in total. The number of hydrogen-bond acceptors (Lipinski definition) is 3. The van der Waals surface area contributed by atoms with E-state index in [9.17, 15) is 9.18 Å². The zero-order valence-electron chi connectivity index (χ0n) is 15.9. The molecule has 1 heterocycles. The average molecular weight is 379 g/mol. The van der Waals surface area contributed by atoms with Crippen LogP contribution in [0.5, 0.6) is 5.75 Å². The van der Waals surface area contributed by atoms with Gasteiger partial charge in [0.05, 0.1) is 19.0 Å². The van der Waals surface area contributed by atoms with Crippen LogP contribution < -0.4 is 4.74 Å². The first-order valence-corrected chi connectivity index (χ1v) is 9.00. The van der Waals surface area contributed by atoms with E-state index in [-0.39, 0.29) is 11.7 Å². The number of para-hydroxylation sites is 1. The molecule has 28 heavy (non-hydrogen) atoms. The Kier molecular flexibility index (Phi) is 6.22. The molecule has 1 aromatic heterocycles. The third-order valence-corrected chi connectivity index (χ3v) is 4.32. The van der Waals surface area contributed by atoms with Crippen LogP contribution in [0.2, 0.25) is 0 Å². The van der Waals surface area contributed by atoms with Crippen LogP contribution in [0.25, 0.3) is 11.8 Å². The fourth-order valence-electron chi connectivity index (χ4n) is 2.79. The maximum atomic E-state index is 13.9. The summed E-state index contributed by atoms with van der Waals surface area (Å²) in [6, 6.07) is 14.5. The van der Waals surface area contributed by atoms with E-state index in [0.717, 1.165) is 11.3 Å². The molecule has 0 saturated heterocycles. The average Bonchev–Trinajstić information content (AvgIpc) is 3.20. The summed E-state index contributed by atoms with van der Waals surface area (Å²) in [6.07, 6.45) is 6.79. The normalized spacial score (nSPS) is 11.0. The van der Waals surface area contributed by atoms with Gasteiger partial charge in [-0.2, -0.15) is 5.10 Å². The number of rotatable bonds is 7. The van der Waals surface area contributed by atoms with Crippen molar-refractivity contribution in [2.75, 3.05) is 13.7 Å². The maximum Gasteiger partial charge on any atom is 0.246 e. The second kappa shape index (κ2) is 8.99. The van der Waals surface area contributed by atoms with E-state index in [0.29, 0.717) is 18.7 Å². The standard InChI is InChI=1S/C22H22FN3O2/c1-3-25(15-17-9-11-21(28-2)20(23)13-17)22(27)12-10-18-14-24-26(16-18)19-7-5-4-6-8-19/h4-14,16H,3,15H2,1-2H3/b12-10+. The zero-order chi connectivity index (χ0) is 19.9. The molecule has 0 aliphatic heterocycles. The number of nitrogens with zero attached hydrogens (tertiary/aromatic N) is 3. The van der Waals surface area contributed by atoms with Gasteiger partial charge in [-0.05, 0) is 42.8 Å². The highest BCUT2D eigenvalue weighted by Gasteiger charge is 2.11. The molecule has 3 aromatic rings. The predicted molar refractivity (Wildman–Crippen MR) is 107 cm³/mol. The van der Waals surface area contributed by atoms with Crippen LogP contribution in [0.1, 0.15) is 18.1 Å². The fraction of sp³-hybridized carbons (Fsp3) is 0.182. The van der Waals surface area contributed by atoms with Gasteiger partial charge in [0.1, 0.15) is 0 Å². The Labute approximate surface area is 163 Å². The molecule has 0 spiro atoms. The van der Waals surface area contributed by atoms with Crippen LogP contribution in [0.3, 0.4) is 0 Å². The first-order valence-electron chi connectivity index (χ1n) is 9.00. The van der Waals surface area contributed by atoms with Gasteiger partial charge in [-0.15, -0.1) is 0 Å². The number of carbonyl (C=O) groups is 1. The molecule has 0 radical (unpaired) electrons. The Balaban J connectivity index is 1.67. The topological polar surface area (TPSA) is 47.4 Å². The number of benzene rings is 2. The van der Waals surface area contributed by atoms with Gasteiger partial charge in [0.25, 0.3) is 0 Å². The summed E-state index contributed by atoms with van der Waals surface area (Å²) in [4.78, 5) is 14.2. The van der Waals surface area contributed by atoms with Gasteiger partial charge in [0, 0.05) is 30.9 Å². The highest BCUT2D eigenvalue weighted by atomic mass is 19.1. The minimum atomic E-state index is -0.438. The number of methoxy groups -OCH3 is 1. The molecule has 0 atom stereocenters. The molecule has 3 rings (SSSR count). The van der Waals surface area contributed by atoms with Gasteiger partial charge in [0.2, 0.25) is 5.91 Å². The number of halogens is 1. The summed E-state index contributed by atoms with van der Waals surface area (Å²) < 4.78 is 20.5. The van der Waals surface area contributed by atoms with E-state index < -0.39 is 5.82 Å². The van der Waals surface area contributed by atoms with Gasteiger partial charge in [-0.25, -0.2) is 9.07 Å². The summed E-state index contributed by atoms with van der Waals surface area (Å²) in [7, 11) is 1.42. The van der Waals surface area contributed by atoms with Crippen LogP contribution in [-0.4, -0.2) is 34.2 Å². The maximum absolute atomic E-state index is 13.9. The summed E-state index contributed by atoms with van der Waals surface area (Å²) in [5, 5.41) is 4.31. The summed E-state index contributed by atoms with van der Waals surface area (Å²) >= 11 is 0. The van der Waals surface area contributed by atoms with Crippen molar-refractivity contribution in [2.45, 2.75) is 13.5 Å². The second-order valence-corrected chi connectivity index (χ2v) is 6.21. The number of likely N-dealkylation sites (N-methyl/N-ethyl adjacent to an activating group) is 1. The van der Waals surface area contributed by atoms with E-state index in [2.05, 4.69) is 5.10 Å². The highest BCUT2D eigenvalue weighted by Crippen LogP contribution is 2.19. The molecule has 0 bridgehead atoms. The predicted octanol–water partition coefficient (Wildman–Crippen LogP) is 4.08. The van der Waals surface area contributed by atoms with Crippen LogP contribution in [0.15, 0.2) is 67.0 Å². The van der Waals surface area contributed by atoms with Crippen molar-refractivity contribution in [3.05, 3.63) is 83.9 Å². The minimum Gasteiger partial charge on any atom is -0.494 e. The van der Waals surface area contributed by atoms with Crippen LogP contribution in [0, 0.1) is 5.82 Å². The zero-order valence-corrected chi connectivity index (χ0v) is 15.9. The van der Waals surface area contributed by atoms with Crippen molar-refractivity contribution in [1.82, 2.24) is 14.7 Å². The molecule has 0 N–H and O–H groups in total. The molecular formula is C22H22FN3O2. The van der Waals surface area contributed by atoms with Crippen molar-refractivity contribution < 1.29 is 13.9 Å². The Bertz CT molecular complexity index is 967. The lowest BCUT2D eigenvalue weighted by molar-refractivity contribution is -0.126. The van der Waals surface area contributed by atoms with Gasteiger partial charge < -0.3 is 9.64 Å². The number of amides is 1. The van der Waals surface area contributed by atoms with Crippen LogP contribution in [0.4, 0.5) is 4.39 Å². The first kappa shape index (κ1) is 19.4. The van der Waals surface area contributed by atoms with E-state index in [1.165, 1.54) is 19.3 Å². The Morgan fingerprint density at radius 3 is 2.71 bits per heavy atom. The Hall–Kier alpha value is -3.41. The molecule has 0 aliphatic carbocycles. The molecule has 0 saturated carbocycles. The van der Waals surface area contributed by atoms with Crippen LogP contribution in [-0.2, 0) is 11.3 Å². The van der Waals surface area contributed by atoms with Gasteiger partial charge in [-0.3, -0.25) is 4.79 Å². The van der Waals surface area contributed by atoms with Crippen molar-refractivity contribution in [2.24, 2.45) is 0 Å². The van der Waals surface area contributed by atoms with Crippen LogP contribution >= 0.6 is 0 Å². The van der Waals surface area contributed by atoms with Gasteiger partial charge in [0.15, 0.2) is 11.6 Å². The highest BCUT2D eigenvalue weighted by molar-refractivity contribution is 5.91. The summed E-state index contributed by atoms with van der Waals surface area (Å²) in [6.45, 7) is 2.73. The van der Waals surface area contributed by atoms with Gasteiger partial charge >= 0.3 is 0 Å². The third-order valence-electron chi connectivity index (χ3n) is 4.32. The monoisotopic (exact) mass is 379 g/mol. The van der Waals surface area contributed by atoms with E-state index in [1.54, 1.807) is 34.0 Å². The third kappa shape index (κ3) is 4.65. The molecule has 0 fully saturated rings. The fourth-order valence-corrected chi connectivity index (χ4v) is 2.79. The van der Waals surface area contributed by atoms with E-state index in [1.807, 2.05) is 43.5 Å². The second-order valence-electron chi connectivity index (χ2n) is 6.21. The lowest BCUT2D eigenvalue weighted by atomic mass is 10.2. The summed E-state index contributed by atoms with van der Waals surface area (Å²) in [5.74, 6) is -0.396. The number of ether oxygens (including phenoxy) is 1.